The summed E-state index contributed by atoms with van der Waals surface area (Å²) in [6.45, 7) is 3.94. The molecule has 0 radical (unpaired) electrons. The molecule has 2 aromatic heterocycles. The Kier molecular flexibility index (Phi) is 3.13. The van der Waals surface area contributed by atoms with Crippen LogP contribution in [0.15, 0.2) is 36.5 Å². The van der Waals surface area contributed by atoms with Gasteiger partial charge in [-0.3, -0.25) is 5.10 Å². The number of thiophene rings is 1. The quantitative estimate of drug-likeness (QED) is 0.752. The first-order valence-electron chi connectivity index (χ1n) is 6.10. The van der Waals surface area contributed by atoms with Gasteiger partial charge in [0, 0.05) is 16.8 Å². The predicted octanol–water partition coefficient (Wildman–Crippen LogP) is 3.40. The molecule has 4 heteroatoms. The maximum Gasteiger partial charge on any atom is 0.0795 e. The molecule has 1 aromatic carbocycles. The molecule has 0 saturated carbocycles. The Morgan fingerprint density at radius 1 is 1.33 bits per heavy atom. The number of benzene rings is 1. The topological polar surface area (TPSA) is 40.7 Å². The first kappa shape index (κ1) is 11.4. The number of rotatable bonds is 4. The summed E-state index contributed by atoms with van der Waals surface area (Å²) in [6, 6.07) is 10.7. The molecule has 0 aliphatic rings. The van der Waals surface area contributed by atoms with Gasteiger partial charge in [0.25, 0.3) is 0 Å². The minimum atomic E-state index is 0.858. The summed E-state index contributed by atoms with van der Waals surface area (Å²) < 4.78 is 1.32. The van der Waals surface area contributed by atoms with Crippen molar-refractivity contribution in [2.75, 3.05) is 6.54 Å². The van der Waals surface area contributed by atoms with Gasteiger partial charge in [-0.2, -0.15) is 5.10 Å². The summed E-state index contributed by atoms with van der Waals surface area (Å²) in [4.78, 5) is 1.25. The van der Waals surface area contributed by atoms with Gasteiger partial charge in [0.15, 0.2) is 0 Å². The lowest BCUT2D eigenvalue weighted by Crippen LogP contribution is -2.11. The van der Waals surface area contributed by atoms with Crippen molar-refractivity contribution >= 4 is 21.4 Å². The zero-order valence-electron chi connectivity index (χ0n) is 10.2. The van der Waals surface area contributed by atoms with E-state index in [1.54, 1.807) is 11.3 Å². The molecule has 2 heterocycles. The minimum Gasteiger partial charge on any atom is -0.313 e. The highest BCUT2D eigenvalue weighted by Crippen LogP contribution is 2.33. The lowest BCUT2D eigenvalue weighted by Gasteiger charge is -2.00. The maximum absolute atomic E-state index is 4.16. The molecule has 0 unspecified atom stereocenters. The van der Waals surface area contributed by atoms with Gasteiger partial charge >= 0.3 is 0 Å². The molecule has 0 bridgehead atoms. The monoisotopic (exact) mass is 257 g/mol. The molecule has 0 fully saturated rings. The molecule has 0 saturated heterocycles. The van der Waals surface area contributed by atoms with Crippen molar-refractivity contribution in [3.63, 3.8) is 0 Å². The van der Waals surface area contributed by atoms with Gasteiger partial charge in [0.1, 0.15) is 0 Å². The Hall–Kier alpha value is -1.65. The Balaban J connectivity index is 2.01. The number of nitrogens with one attached hydrogen (secondary N) is 2. The molecule has 18 heavy (non-hydrogen) atoms. The van der Waals surface area contributed by atoms with Gasteiger partial charge < -0.3 is 5.32 Å². The van der Waals surface area contributed by atoms with Crippen molar-refractivity contribution < 1.29 is 0 Å². The van der Waals surface area contributed by atoms with Crippen LogP contribution in [0.25, 0.3) is 20.7 Å². The Bertz CT molecular complexity index is 621. The normalized spacial score (nSPS) is 11.2. The molecule has 0 aliphatic heterocycles. The van der Waals surface area contributed by atoms with E-state index in [4.69, 9.17) is 0 Å². The van der Waals surface area contributed by atoms with Crippen LogP contribution in [0.4, 0.5) is 0 Å². The SMILES string of the molecule is CCNCc1cn[nH]c1-c1cc2ccccc2s1. The Labute approximate surface area is 110 Å². The first-order valence-corrected chi connectivity index (χ1v) is 6.92. The number of aromatic nitrogens is 2. The molecular formula is C14H15N3S. The average Bonchev–Trinajstić information content (AvgIpc) is 3.01. The summed E-state index contributed by atoms with van der Waals surface area (Å²) in [5.74, 6) is 0. The Morgan fingerprint density at radius 3 is 3.06 bits per heavy atom. The third kappa shape index (κ3) is 2.05. The van der Waals surface area contributed by atoms with E-state index in [0.717, 1.165) is 18.8 Å². The van der Waals surface area contributed by atoms with Crippen LogP contribution in [0.3, 0.4) is 0 Å². The van der Waals surface area contributed by atoms with Gasteiger partial charge in [-0.15, -0.1) is 11.3 Å². The van der Waals surface area contributed by atoms with Gasteiger partial charge in [-0.1, -0.05) is 25.1 Å². The highest BCUT2D eigenvalue weighted by atomic mass is 32.1. The molecule has 0 aliphatic carbocycles. The van der Waals surface area contributed by atoms with Crippen molar-refractivity contribution in [2.24, 2.45) is 0 Å². The number of hydrogen-bond acceptors (Lipinski definition) is 3. The molecule has 3 aromatic rings. The zero-order valence-corrected chi connectivity index (χ0v) is 11.1. The fourth-order valence-electron chi connectivity index (χ4n) is 2.02. The highest BCUT2D eigenvalue weighted by Gasteiger charge is 2.10. The maximum atomic E-state index is 4.16. The molecule has 0 atom stereocenters. The smallest absolute Gasteiger partial charge is 0.0795 e. The van der Waals surface area contributed by atoms with Crippen molar-refractivity contribution in [1.29, 1.82) is 0 Å². The lowest BCUT2D eigenvalue weighted by atomic mass is 10.2. The molecule has 2 N–H and O–H groups in total. The third-order valence-corrected chi connectivity index (χ3v) is 4.09. The van der Waals surface area contributed by atoms with Gasteiger partial charge in [-0.25, -0.2) is 0 Å². The van der Waals surface area contributed by atoms with Gasteiger partial charge in [0.05, 0.1) is 16.8 Å². The van der Waals surface area contributed by atoms with Crippen LogP contribution in [0.1, 0.15) is 12.5 Å². The number of H-pyrrole nitrogens is 1. The van der Waals surface area contributed by atoms with Crippen LogP contribution in [-0.2, 0) is 6.54 Å². The second-order valence-electron chi connectivity index (χ2n) is 4.20. The van der Waals surface area contributed by atoms with E-state index in [9.17, 15) is 0 Å². The Morgan fingerprint density at radius 2 is 2.22 bits per heavy atom. The average molecular weight is 257 g/mol. The molecule has 3 nitrogen and oxygen atoms in total. The number of aromatic amines is 1. The largest absolute Gasteiger partial charge is 0.313 e. The first-order chi connectivity index (χ1) is 8.88. The molecule has 92 valence electrons. The van der Waals surface area contributed by atoms with E-state index in [-0.39, 0.29) is 0 Å². The molecular weight excluding hydrogens is 242 g/mol. The van der Waals surface area contributed by atoms with E-state index < -0.39 is 0 Å². The van der Waals surface area contributed by atoms with Crippen molar-refractivity contribution in [1.82, 2.24) is 15.5 Å². The van der Waals surface area contributed by atoms with Crippen molar-refractivity contribution in [3.05, 3.63) is 42.1 Å². The zero-order chi connectivity index (χ0) is 12.4. The summed E-state index contributed by atoms with van der Waals surface area (Å²) in [7, 11) is 0. The van der Waals surface area contributed by atoms with Crippen LogP contribution < -0.4 is 5.32 Å². The van der Waals surface area contributed by atoms with E-state index in [2.05, 4.69) is 52.8 Å². The van der Waals surface area contributed by atoms with Crippen molar-refractivity contribution in [2.45, 2.75) is 13.5 Å². The van der Waals surface area contributed by atoms with Crippen LogP contribution in [0, 0.1) is 0 Å². The predicted molar refractivity (Wildman–Crippen MR) is 76.8 cm³/mol. The lowest BCUT2D eigenvalue weighted by molar-refractivity contribution is 0.728. The standard InChI is InChI=1S/C14H15N3S/c1-2-15-8-11-9-16-17-14(11)13-7-10-5-3-4-6-12(10)18-13/h3-7,9,15H,2,8H2,1H3,(H,16,17). The third-order valence-electron chi connectivity index (χ3n) is 2.96. The molecule has 0 amide bonds. The molecule has 0 spiro atoms. The minimum absolute atomic E-state index is 0.858. The highest BCUT2D eigenvalue weighted by molar-refractivity contribution is 7.22. The summed E-state index contributed by atoms with van der Waals surface area (Å²) >= 11 is 1.80. The van der Waals surface area contributed by atoms with Crippen LogP contribution in [0.5, 0.6) is 0 Å². The number of nitrogens with zero attached hydrogens (tertiary/aromatic N) is 1. The van der Waals surface area contributed by atoms with E-state index in [0.29, 0.717) is 0 Å². The number of hydrogen-bond donors (Lipinski definition) is 2. The van der Waals surface area contributed by atoms with E-state index in [1.807, 2.05) is 6.20 Å². The summed E-state index contributed by atoms with van der Waals surface area (Å²) in [5.41, 5.74) is 2.36. The van der Waals surface area contributed by atoms with Crippen molar-refractivity contribution in [3.8, 4) is 10.6 Å². The van der Waals surface area contributed by atoms with Gasteiger partial charge in [0.2, 0.25) is 0 Å². The second-order valence-corrected chi connectivity index (χ2v) is 5.28. The summed E-state index contributed by atoms with van der Waals surface area (Å²) in [6.07, 6.45) is 1.91. The molecule has 3 rings (SSSR count). The fraction of sp³-hybridized carbons (Fsp3) is 0.214. The fourth-order valence-corrected chi connectivity index (χ4v) is 3.12. The van der Waals surface area contributed by atoms with Crippen LogP contribution >= 0.6 is 11.3 Å². The van der Waals surface area contributed by atoms with Crippen LogP contribution in [0.2, 0.25) is 0 Å². The van der Waals surface area contributed by atoms with E-state index >= 15 is 0 Å². The van der Waals surface area contributed by atoms with Gasteiger partial charge in [-0.05, 0) is 24.1 Å². The van der Waals surface area contributed by atoms with Crippen LogP contribution in [-0.4, -0.2) is 16.7 Å². The van der Waals surface area contributed by atoms with E-state index in [1.165, 1.54) is 20.5 Å². The second kappa shape index (κ2) is 4.92. The summed E-state index contributed by atoms with van der Waals surface area (Å²) in [5, 5.41) is 11.9. The number of fused-ring (bicyclic) bond motifs is 1.